The Morgan fingerprint density at radius 2 is 2.17 bits per heavy atom. The number of hydrogen-bond acceptors (Lipinski definition) is 5. The van der Waals surface area contributed by atoms with Crippen molar-refractivity contribution in [3.63, 3.8) is 0 Å². The summed E-state index contributed by atoms with van der Waals surface area (Å²) in [6, 6.07) is 7.51. The standard InChI is InChI=1S/C13H14N4O/c1-9-5-6-15-13(17-9)10-3-4-11(8-16-14)12(7-10)18-2/h3-8H,14H2,1-2H3. The molecule has 0 aliphatic heterocycles. The maximum absolute atomic E-state index is 5.29. The van der Waals surface area contributed by atoms with Gasteiger partial charge in [-0.25, -0.2) is 9.97 Å². The lowest BCUT2D eigenvalue weighted by Gasteiger charge is -2.07. The highest BCUT2D eigenvalue weighted by Gasteiger charge is 2.06. The fraction of sp³-hybridized carbons (Fsp3) is 0.154. The Morgan fingerprint density at radius 1 is 1.33 bits per heavy atom. The van der Waals surface area contributed by atoms with E-state index < -0.39 is 0 Å². The van der Waals surface area contributed by atoms with Gasteiger partial charge in [-0.3, -0.25) is 0 Å². The molecular formula is C13H14N4O. The number of methoxy groups -OCH3 is 1. The Hall–Kier alpha value is -2.43. The third-order valence-corrected chi connectivity index (χ3v) is 2.50. The summed E-state index contributed by atoms with van der Waals surface area (Å²) >= 11 is 0. The molecule has 5 heteroatoms. The highest BCUT2D eigenvalue weighted by atomic mass is 16.5. The van der Waals surface area contributed by atoms with Gasteiger partial charge in [-0.15, -0.1) is 0 Å². The summed E-state index contributed by atoms with van der Waals surface area (Å²) in [5.74, 6) is 6.50. The van der Waals surface area contributed by atoms with Crippen molar-refractivity contribution in [2.45, 2.75) is 6.92 Å². The molecular weight excluding hydrogens is 228 g/mol. The number of hydrazone groups is 1. The number of benzene rings is 1. The lowest BCUT2D eigenvalue weighted by molar-refractivity contribution is 0.414. The van der Waals surface area contributed by atoms with E-state index in [-0.39, 0.29) is 0 Å². The Morgan fingerprint density at radius 3 is 2.83 bits per heavy atom. The van der Waals surface area contributed by atoms with Gasteiger partial charge in [-0.2, -0.15) is 5.10 Å². The third kappa shape index (κ3) is 2.45. The van der Waals surface area contributed by atoms with Crippen LogP contribution in [0.2, 0.25) is 0 Å². The molecule has 2 rings (SSSR count). The van der Waals surface area contributed by atoms with Crippen molar-refractivity contribution in [2.75, 3.05) is 7.11 Å². The van der Waals surface area contributed by atoms with Crippen LogP contribution in [0.5, 0.6) is 5.75 Å². The van der Waals surface area contributed by atoms with Gasteiger partial charge >= 0.3 is 0 Å². The molecule has 0 unspecified atom stereocenters. The van der Waals surface area contributed by atoms with Gasteiger partial charge in [0.15, 0.2) is 5.82 Å². The van der Waals surface area contributed by atoms with Crippen LogP contribution in [0.1, 0.15) is 11.3 Å². The fourth-order valence-corrected chi connectivity index (χ4v) is 1.63. The molecule has 18 heavy (non-hydrogen) atoms. The van der Waals surface area contributed by atoms with Crippen molar-refractivity contribution in [1.29, 1.82) is 0 Å². The molecule has 0 radical (unpaired) electrons. The van der Waals surface area contributed by atoms with Crippen LogP contribution in [0.25, 0.3) is 11.4 Å². The third-order valence-electron chi connectivity index (χ3n) is 2.50. The fourth-order valence-electron chi connectivity index (χ4n) is 1.63. The molecule has 0 aliphatic carbocycles. The minimum absolute atomic E-state index is 0.671. The molecule has 92 valence electrons. The van der Waals surface area contributed by atoms with Crippen molar-refractivity contribution in [2.24, 2.45) is 10.9 Å². The Bertz CT molecular complexity index is 581. The SMILES string of the molecule is COc1cc(-c2nccc(C)n2)ccc1C=NN. The predicted molar refractivity (Wildman–Crippen MR) is 70.5 cm³/mol. The van der Waals surface area contributed by atoms with E-state index in [0.29, 0.717) is 11.6 Å². The summed E-state index contributed by atoms with van der Waals surface area (Å²) in [5.41, 5.74) is 2.63. The first-order valence-electron chi connectivity index (χ1n) is 5.46. The topological polar surface area (TPSA) is 73.4 Å². The molecule has 0 amide bonds. The van der Waals surface area contributed by atoms with Crippen LogP contribution in [0, 0.1) is 6.92 Å². The summed E-state index contributed by atoms with van der Waals surface area (Å²) in [6.07, 6.45) is 3.28. The Balaban J connectivity index is 2.47. The van der Waals surface area contributed by atoms with Gasteiger partial charge in [0, 0.05) is 23.0 Å². The van der Waals surface area contributed by atoms with Gasteiger partial charge in [0.25, 0.3) is 0 Å². The van der Waals surface area contributed by atoms with E-state index in [1.165, 1.54) is 0 Å². The first kappa shape index (κ1) is 12.0. The lowest BCUT2D eigenvalue weighted by Crippen LogP contribution is -1.95. The van der Waals surface area contributed by atoms with Gasteiger partial charge in [0.05, 0.1) is 13.3 Å². The molecule has 0 spiro atoms. The zero-order chi connectivity index (χ0) is 13.0. The van der Waals surface area contributed by atoms with Gasteiger partial charge in [-0.1, -0.05) is 6.07 Å². The van der Waals surface area contributed by atoms with Crippen LogP contribution < -0.4 is 10.6 Å². The second-order valence-corrected chi connectivity index (χ2v) is 3.76. The van der Waals surface area contributed by atoms with Crippen LogP contribution in [0.15, 0.2) is 35.6 Å². The number of aryl methyl sites for hydroxylation is 1. The van der Waals surface area contributed by atoms with Gasteiger partial charge in [-0.05, 0) is 25.1 Å². The summed E-state index contributed by atoms with van der Waals surface area (Å²) < 4.78 is 5.29. The quantitative estimate of drug-likeness (QED) is 0.505. The zero-order valence-corrected chi connectivity index (χ0v) is 10.3. The van der Waals surface area contributed by atoms with Gasteiger partial charge < -0.3 is 10.6 Å². The molecule has 5 nitrogen and oxygen atoms in total. The van der Waals surface area contributed by atoms with Crippen molar-refractivity contribution in [3.8, 4) is 17.1 Å². The molecule has 0 fully saturated rings. The smallest absolute Gasteiger partial charge is 0.159 e. The van der Waals surface area contributed by atoms with Crippen LogP contribution in [-0.2, 0) is 0 Å². The molecule has 2 N–H and O–H groups in total. The van der Waals surface area contributed by atoms with E-state index in [2.05, 4.69) is 15.1 Å². The monoisotopic (exact) mass is 242 g/mol. The number of ether oxygens (including phenoxy) is 1. The van der Waals surface area contributed by atoms with Crippen molar-refractivity contribution in [3.05, 3.63) is 41.7 Å². The second-order valence-electron chi connectivity index (χ2n) is 3.76. The highest BCUT2D eigenvalue weighted by molar-refractivity contribution is 5.84. The Kier molecular flexibility index (Phi) is 3.52. The van der Waals surface area contributed by atoms with Crippen LogP contribution in [-0.4, -0.2) is 23.3 Å². The molecule has 0 saturated carbocycles. The number of nitrogens with two attached hydrogens (primary N) is 1. The molecule has 0 atom stereocenters. The van der Waals surface area contributed by atoms with E-state index >= 15 is 0 Å². The predicted octanol–water partition coefficient (Wildman–Crippen LogP) is 1.75. The summed E-state index contributed by atoms with van der Waals surface area (Å²) in [7, 11) is 1.60. The average Bonchev–Trinajstić information content (AvgIpc) is 2.39. The maximum atomic E-state index is 5.29. The van der Waals surface area contributed by atoms with Crippen molar-refractivity contribution < 1.29 is 4.74 Å². The zero-order valence-electron chi connectivity index (χ0n) is 10.3. The lowest BCUT2D eigenvalue weighted by atomic mass is 10.1. The minimum Gasteiger partial charge on any atom is -0.496 e. The Labute approximate surface area is 105 Å². The van der Waals surface area contributed by atoms with E-state index in [9.17, 15) is 0 Å². The molecule has 0 saturated heterocycles. The molecule has 1 aromatic heterocycles. The molecule has 1 heterocycles. The van der Waals surface area contributed by atoms with E-state index in [1.54, 1.807) is 19.5 Å². The molecule has 0 bridgehead atoms. The van der Waals surface area contributed by atoms with Gasteiger partial charge in [0.2, 0.25) is 0 Å². The van der Waals surface area contributed by atoms with E-state index in [4.69, 9.17) is 10.6 Å². The van der Waals surface area contributed by atoms with Crippen molar-refractivity contribution in [1.82, 2.24) is 9.97 Å². The normalized spacial score (nSPS) is 10.8. The highest BCUT2D eigenvalue weighted by Crippen LogP contribution is 2.24. The number of rotatable bonds is 3. The average molecular weight is 242 g/mol. The van der Waals surface area contributed by atoms with Crippen LogP contribution >= 0.6 is 0 Å². The van der Waals surface area contributed by atoms with Crippen LogP contribution in [0.3, 0.4) is 0 Å². The number of hydrogen-bond donors (Lipinski definition) is 1. The largest absolute Gasteiger partial charge is 0.496 e. The van der Waals surface area contributed by atoms with Gasteiger partial charge in [0.1, 0.15) is 5.75 Å². The summed E-state index contributed by atoms with van der Waals surface area (Å²) in [4.78, 5) is 8.61. The van der Waals surface area contributed by atoms with Crippen LogP contribution in [0.4, 0.5) is 0 Å². The molecule has 0 aliphatic rings. The first-order valence-corrected chi connectivity index (χ1v) is 5.46. The first-order chi connectivity index (χ1) is 8.74. The summed E-state index contributed by atoms with van der Waals surface area (Å²) in [6.45, 7) is 1.93. The molecule has 1 aromatic carbocycles. The number of aromatic nitrogens is 2. The van der Waals surface area contributed by atoms with E-state index in [1.807, 2.05) is 31.2 Å². The number of nitrogens with zero attached hydrogens (tertiary/aromatic N) is 3. The second kappa shape index (κ2) is 5.27. The summed E-state index contributed by atoms with van der Waals surface area (Å²) in [5, 5.41) is 3.49. The maximum Gasteiger partial charge on any atom is 0.159 e. The minimum atomic E-state index is 0.671. The van der Waals surface area contributed by atoms with E-state index in [0.717, 1.165) is 16.8 Å². The van der Waals surface area contributed by atoms with Crippen molar-refractivity contribution >= 4 is 6.21 Å². The molecule has 2 aromatic rings.